The first-order valence-electron chi connectivity index (χ1n) is 6.19. The maximum absolute atomic E-state index is 8.64. The lowest BCUT2D eigenvalue weighted by molar-refractivity contribution is 0.269. The van der Waals surface area contributed by atoms with E-state index in [0.29, 0.717) is 6.61 Å². The van der Waals surface area contributed by atoms with Crippen LogP contribution in [0.25, 0.3) is 0 Å². The Morgan fingerprint density at radius 2 is 1.93 bits per heavy atom. The van der Waals surface area contributed by atoms with Gasteiger partial charge in [-0.15, -0.1) is 0 Å². The lowest BCUT2D eigenvalue weighted by Crippen LogP contribution is -2.37. The Kier molecular flexibility index (Phi) is 6.20. The van der Waals surface area contributed by atoms with Gasteiger partial charge in [-0.05, 0) is 44.6 Å². The molecule has 0 spiro atoms. The highest BCUT2D eigenvalue weighted by molar-refractivity contribution is 4.77. The molecule has 2 N–H and O–H groups in total. The predicted molar refractivity (Wildman–Crippen MR) is 60.4 cm³/mol. The number of aliphatic hydroxyl groups is 1. The Bertz CT molecular complexity index is 138. The Labute approximate surface area is 88.1 Å². The van der Waals surface area contributed by atoms with Crippen LogP contribution in [0.4, 0.5) is 0 Å². The van der Waals surface area contributed by atoms with Crippen molar-refractivity contribution in [3.63, 3.8) is 0 Å². The Morgan fingerprint density at radius 1 is 1.14 bits per heavy atom. The van der Waals surface area contributed by atoms with Crippen molar-refractivity contribution < 1.29 is 5.11 Å². The summed E-state index contributed by atoms with van der Waals surface area (Å²) in [5.41, 5.74) is 0. The highest BCUT2D eigenvalue weighted by Crippen LogP contribution is 2.23. The quantitative estimate of drug-likeness (QED) is 0.643. The third kappa shape index (κ3) is 4.43. The molecule has 2 heteroatoms. The zero-order chi connectivity index (χ0) is 10.2. The number of hydrogen-bond donors (Lipinski definition) is 2. The van der Waals surface area contributed by atoms with Crippen LogP contribution >= 0.6 is 0 Å². The standard InChI is InChI=1S/C12H25NO/c1-11-7-3-4-8-12(11)13-9-5-2-6-10-14/h11-14H,2-10H2,1H3. The van der Waals surface area contributed by atoms with Crippen LogP contribution in [0.1, 0.15) is 51.9 Å². The average Bonchev–Trinajstić information content (AvgIpc) is 2.20. The smallest absolute Gasteiger partial charge is 0.0431 e. The van der Waals surface area contributed by atoms with Crippen molar-refractivity contribution in [3.8, 4) is 0 Å². The minimum Gasteiger partial charge on any atom is -0.396 e. The van der Waals surface area contributed by atoms with Gasteiger partial charge in [0.15, 0.2) is 0 Å². The molecule has 0 radical (unpaired) electrons. The molecule has 0 aromatic heterocycles. The molecule has 1 aliphatic carbocycles. The molecular formula is C12H25NO. The fraction of sp³-hybridized carbons (Fsp3) is 1.00. The first kappa shape index (κ1) is 12.0. The Morgan fingerprint density at radius 3 is 2.64 bits per heavy atom. The largest absolute Gasteiger partial charge is 0.396 e. The monoisotopic (exact) mass is 199 g/mol. The molecule has 0 aromatic rings. The van der Waals surface area contributed by atoms with Crippen LogP contribution in [0.5, 0.6) is 0 Å². The second-order valence-corrected chi connectivity index (χ2v) is 4.61. The van der Waals surface area contributed by atoms with Crippen LogP contribution in [0.15, 0.2) is 0 Å². The zero-order valence-electron chi connectivity index (χ0n) is 9.47. The molecule has 2 nitrogen and oxygen atoms in total. The van der Waals surface area contributed by atoms with E-state index in [2.05, 4.69) is 12.2 Å². The summed E-state index contributed by atoms with van der Waals surface area (Å²) in [5.74, 6) is 0.863. The number of aliphatic hydroxyl groups excluding tert-OH is 1. The first-order valence-corrected chi connectivity index (χ1v) is 6.19. The van der Waals surface area contributed by atoms with E-state index in [1.165, 1.54) is 32.1 Å². The third-order valence-electron chi connectivity index (χ3n) is 3.35. The van der Waals surface area contributed by atoms with Gasteiger partial charge in [-0.3, -0.25) is 0 Å². The summed E-state index contributed by atoms with van der Waals surface area (Å²) in [6, 6.07) is 0.762. The van der Waals surface area contributed by atoms with Gasteiger partial charge in [0.05, 0.1) is 0 Å². The van der Waals surface area contributed by atoms with Crippen LogP contribution in [-0.2, 0) is 0 Å². The molecule has 0 amide bonds. The van der Waals surface area contributed by atoms with Crippen molar-refractivity contribution in [2.24, 2.45) is 5.92 Å². The zero-order valence-corrected chi connectivity index (χ0v) is 9.47. The van der Waals surface area contributed by atoms with Gasteiger partial charge in [-0.1, -0.05) is 19.8 Å². The molecule has 1 fully saturated rings. The fourth-order valence-electron chi connectivity index (χ4n) is 2.32. The van der Waals surface area contributed by atoms with E-state index in [9.17, 15) is 0 Å². The maximum atomic E-state index is 8.64. The van der Waals surface area contributed by atoms with Gasteiger partial charge in [0.2, 0.25) is 0 Å². The van der Waals surface area contributed by atoms with Crippen LogP contribution in [0.2, 0.25) is 0 Å². The van der Waals surface area contributed by atoms with Crippen LogP contribution in [0, 0.1) is 5.92 Å². The van der Waals surface area contributed by atoms with E-state index in [1.807, 2.05) is 0 Å². The minimum atomic E-state index is 0.347. The van der Waals surface area contributed by atoms with Crippen molar-refractivity contribution in [2.75, 3.05) is 13.2 Å². The van der Waals surface area contributed by atoms with Crippen LogP contribution in [-0.4, -0.2) is 24.3 Å². The SMILES string of the molecule is CC1CCCCC1NCCCCCO. The summed E-state index contributed by atoms with van der Waals surface area (Å²) in [6.07, 6.45) is 8.91. The predicted octanol–water partition coefficient (Wildman–Crippen LogP) is 2.32. The molecule has 1 saturated carbocycles. The lowest BCUT2D eigenvalue weighted by atomic mass is 9.86. The first-order chi connectivity index (χ1) is 6.84. The number of rotatable bonds is 6. The molecule has 2 unspecified atom stereocenters. The maximum Gasteiger partial charge on any atom is 0.0431 e. The van der Waals surface area contributed by atoms with Gasteiger partial charge in [0.25, 0.3) is 0 Å². The van der Waals surface area contributed by atoms with Crippen molar-refractivity contribution in [2.45, 2.75) is 57.9 Å². The highest BCUT2D eigenvalue weighted by Gasteiger charge is 2.19. The van der Waals surface area contributed by atoms with Crippen LogP contribution in [0.3, 0.4) is 0 Å². The number of unbranched alkanes of at least 4 members (excludes halogenated alkanes) is 2. The van der Waals surface area contributed by atoms with Gasteiger partial charge in [0.1, 0.15) is 0 Å². The average molecular weight is 199 g/mol. The van der Waals surface area contributed by atoms with Crippen molar-refractivity contribution in [1.29, 1.82) is 0 Å². The topological polar surface area (TPSA) is 32.3 Å². The molecule has 0 saturated heterocycles. The Hall–Kier alpha value is -0.0800. The van der Waals surface area contributed by atoms with Crippen molar-refractivity contribution in [1.82, 2.24) is 5.32 Å². The lowest BCUT2D eigenvalue weighted by Gasteiger charge is -2.29. The number of nitrogens with one attached hydrogen (secondary N) is 1. The van der Waals surface area contributed by atoms with Crippen molar-refractivity contribution in [3.05, 3.63) is 0 Å². The molecule has 0 aliphatic heterocycles. The van der Waals surface area contributed by atoms with Crippen LogP contribution < -0.4 is 5.32 Å². The number of hydrogen-bond acceptors (Lipinski definition) is 2. The van der Waals surface area contributed by atoms with E-state index in [1.54, 1.807) is 0 Å². The van der Waals surface area contributed by atoms with E-state index < -0.39 is 0 Å². The van der Waals surface area contributed by atoms with E-state index in [4.69, 9.17) is 5.11 Å². The molecule has 2 atom stereocenters. The molecule has 84 valence electrons. The van der Waals surface area contributed by atoms with Gasteiger partial charge in [-0.25, -0.2) is 0 Å². The second kappa shape index (κ2) is 7.24. The van der Waals surface area contributed by atoms with Gasteiger partial charge < -0.3 is 10.4 Å². The summed E-state index contributed by atoms with van der Waals surface area (Å²) in [4.78, 5) is 0. The second-order valence-electron chi connectivity index (χ2n) is 4.61. The minimum absolute atomic E-state index is 0.347. The third-order valence-corrected chi connectivity index (χ3v) is 3.35. The summed E-state index contributed by atoms with van der Waals surface area (Å²) >= 11 is 0. The molecule has 14 heavy (non-hydrogen) atoms. The molecular weight excluding hydrogens is 174 g/mol. The summed E-state index contributed by atoms with van der Waals surface area (Å²) in [7, 11) is 0. The van der Waals surface area contributed by atoms with E-state index in [0.717, 1.165) is 31.3 Å². The summed E-state index contributed by atoms with van der Waals surface area (Å²) in [5, 5.41) is 12.3. The summed E-state index contributed by atoms with van der Waals surface area (Å²) < 4.78 is 0. The van der Waals surface area contributed by atoms with Crippen molar-refractivity contribution >= 4 is 0 Å². The molecule has 0 heterocycles. The van der Waals surface area contributed by atoms with E-state index in [-0.39, 0.29) is 0 Å². The molecule has 1 aliphatic rings. The molecule has 0 bridgehead atoms. The van der Waals surface area contributed by atoms with Gasteiger partial charge >= 0.3 is 0 Å². The van der Waals surface area contributed by atoms with E-state index >= 15 is 0 Å². The van der Waals surface area contributed by atoms with Gasteiger partial charge in [0, 0.05) is 12.6 Å². The fourth-order valence-corrected chi connectivity index (χ4v) is 2.32. The van der Waals surface area contributed by atoms with Gasteiger partial charge in [-0.2, -0.15) is 0 Å². The highest BCUT2D eigenvalue weighted by atomic mass is 16.2. The normalized spacial score (nSPS) is 27.9. The molecule has 1 rings (SSSR count). The Balaban J connectivity index is 1.99. The molecule has 0 aromatic carbocycles. The summed E-state index contributed by atoms with van der Waals surface area (Å²) in [6.45, 7) is 3.85.